The molecule has 64 valence electrons. The van der Waals surface area contributed by atoms with Gasteiger partial charge in [-0.3, -0.25) is 4.90 Å². The largest absolute Gasteiger partial charge is 0.305 e. The first-order chi connectivity index (χ1) is 5.25. The Kier molecular flexibility index (Phi) is 1.90. The Hall–Kier alpha value is -0.0800. The van der Waals surface area contributed by atoms with Gasteiger partial charge in [0.05, 0.1) is 0 Å². The van der Waals surface area contributed by atoms with Crippen molar-refractivity contribution in [3.05, 3.63) is 0 Å². The van der Waals surface area contributed by atoms with Crippen molar-refractivity contribution in [1.29, 1.82) is 0 Å². The number of hydrogen-bond donors (Lipinski definition) is 0. The highest BCUT2D eigenvalue weighted by atomic mass is 15.3. The third-order valence-electron chi connectivity index (χ3n) is 2.98. The molecule has 0 saturated carbocycles. The Morgan fingerprint density at radius 3 is 2.36 bits per heavy atom. The van der Waals surface area contributed by atoms with Crippen LogP contribution in [-0.4, -0.2) is 49.1 Å². The zero-order valence-electron chi connectivity index (χ0n) is 7.58. The summed E-state index contributed by atoms with van der Waals surface area (Å²) in [5, 5.41) is 0. The van der Waals surface area contributed by atoms with E-state index in [-0.39, 0.29) is 0 Å². The molecule has 0 aromatic rings. The molecule has 0 aromatic heterocycles. The minimum absolute atomic E-state index is 0.885. The van der Waals surface area contributed by atoms with Crippen molar-refractivity contribution in [3.63, 3.8) is 0 Å². The Bertz CT molecular complexity index is 140. The SMILES string of the molecule is CC1CN([C@H]2CCN(C)C2)C1. The molecule has 0 aliphatic carbocycles. The number of nitrogens with zero attached hydrogens (tertiary/aromatic N) is 2. The summed E-state index contributed by atoms with van der Waals surface area (Å²) in [6, 6.07) is 0.885. The molecule has 0 spiro atoms. The molecule has 2 aliphatic rings. The molecule has 2 nitrogen and oxygen atoms in total. The van der Waals surface area contributed by atoms with Gasteiger partial charge in [-0.2, -0.15) is 0 Å². The maximum Gasteiger partial charge on any atom is 0.0235 e. The molecule has 0 aromatic carbocycles. The van der Waals surface area contributed by atoms with Crippen LogP contribution < -0.4 is 0 Å². The summed E-state index contributed by atoms with van der Waals surface area (Å²) in [5.74, 6) is 0.959. The molecule has 0 unspecified atom stereocenters. The van der Waals surface area contributed by atoms with Crippen LogP contribution in [0.4, 0.5) is 0 Å². The molecule has 11 heavy (non-hydrogen) atoms. The third kappa shape index (κ3) is 1.42. The third-order valence-corrected chi connectivity index (χ3v) is 2.98. The van der Waals surface area contributed by atoms with Gasteiger partial charge in [-0.25, -0.2) is 0 Å². The summed E-state index contributed by atoms with van der Waals surface area (Å²) in [4.78, 5) is 5.07. The summed E-state index contributed by atoms with van der Waals surface area (Å²) < 4.78 is 0. The van der Waals surface area contributed by atoms with Gasteiger partial charge in [-0.1, -0.05) is 6.92 Å². The molecule has 2 heterocycles. The summed E-state index contributed by atoms with van der Waals surface area (Å²) in [7, 11) is 2.23. The lowest BCUT2D eigenvalue weighted by atomic mass is 9.99. The molecule has 2 heteroatoms. The van der Waals surface area contributed by atoms with Crippen LogP contribution in [0.1, 0.15) is 13.3 Å². The lowest BCUT2D eigenvalue weighted by Crippen LogP contribution is -2.51. The zero-order valence-corrected chi connectivity index (χ0v) is 7.58. The molecule has 1 atom stereocenters. The van der Waals surface area contributed by atoms with E-state index in [0.717, 1.165) is 12.0 Å². The highest BCUT2D eigenvalue weighted by molar-refractivity contribution is 4.88. The van der Waals surface area contributed by atoms with Crippen LogP contribution in [0.15, 0.2) is 0 Å². The summed E-state index contributed by atoms with van der Waals surface area (Å²) in [6.45, 7) is 7.63. The van der Waals surface area contributed by atoms with Gasteiger partial charge in [0.1, 0.15) is 0 Å². The van der Waals surface area contributed by atoms with Crippen molar-refractivity contribution in [1.82, 2.24) is 9.80 Å². The first-order valence-electron chi connectivity index (χ1n) is 4.68. The molecule has 2 saturated heterocycles. The monoisotopic (exact) mass is 154 g/mol. The van der Waals surface area contributed by atoms with Crippen molar-refractivity contribution in [3.8, 4) is 0 Å². The van der Waals surface area contributed by atoms with Crippen molar-refractivity contribution in [2.75, 3.05) is 33.2 Å². The molecule has 0 amide bonds. The lowest BCUT2D eigenvalue weighted by Gasteiger charge is -2.41. The van der Waals surface area contributed by atoms with Crippen LogP contribution in [-0.2, 0) is 0 Å². The zero-order chi connectivity index (χ0) is 7.84. The number of likely N-dealkylation sites (N-methyl/N-ethyl adjacent to an activating group) is 1. The predicted molar refractivity (Wildman–Crippen MR) is 46.6 cm³/mol. The van der Waals surface area contributed by atoms with Crippen LogP contribution in [0.3, 0.4) is 0 Å². The summed E-state index contributed by atoms with van der Waals surface area (Å²) in [5.41, 5.74) is 0. The Balaban J connectivity index is 1.79. The highest BCUT2D eigenvalue weighted by Crippen LogP contribution is 2.22. The van der Waals surface area contributed by atoms with E-state index in [1.54, 1.807) is 0 Å². The van der Waals surface area contributed by atoms with E-state index in [2.05, 4.69) is 23.8 Å². The summed E-state index contributed by atoms with van der Waals surface area (Å²) >= 11 is 0. The average molecular weight is 154 g/mol. The van der Waals surface area contributed by atoms with Gasteiger partial charge < -0.3 is 4.90 Å². The maximum absolute atomic E-state index is 2.63. The molecule has 2 aliphatic heterocycles. The Morgan fingerprint density at radius 2 is 1.91 bits per heavy atom. The maximum atomic E-state index is 2.63. The van der Waals surface area contributed by atoms with Crippen molar-refractivity contribution < 1.29 is 0 Å². The minimum Gasteiger partial charge on any atom is -0.305 e. The van der Waals surface area contributed by atoms with Gasteiger partial charge >= 0.3 is 0 Å². The van der Waals surface area contributed by atoms with Gasteiger partial charge in [0.2, 0.25) is 0 Å². The van der Waals surface area contributed by atoms with Gasteiger partial charge in [0, 0.05) is 25.7 Å². The molecule has 0 N–H and O–H groups in total. The number of rotatable bonds is 1. The van der Waals surface area contributed by atoms with E-state index in [4.69, 9.17) is 0 Å². The molecule has 2 fully saturated rings. The van der Waals surface area contributed by atoms with Crippen LogP contribution in [0.2, 0.25) is 0 Å². The topological polar surface area (TPSA) is 6.48 Å². The number of hydrogen-bond acceptors (Lipinski definition) is 2. The first kappa shape index (κ1) is 7.56. The van der Waals surface area contributed by atoms with Gasteiger partial charge in [0.25, 0.3) is 0 Å². The highest BCUT2D eigenvalue weighted by Gasteiger charge is 2.32. The fourth-order valence-electron chi connectivity index (χ4n) is 2.26. The molecule has 0 bridgehead atoms. The fraction of sp³-hybridized carbons (Fsp3) is 1.00. The van der Waals surface area contributed by atoms with Crippen LogP contribution in [0.5, 0.6) is 0 Å². The van der Waals surface area contributed by atoms with E-state index < -0.39 is 0 Å². The van der Waals surface area contributed by atoms with Gasteiger partial charge in [-0.05, 0) is 25.9 Å². The molecular weight excluding hydrogens is 136 g/mol. The molecule has 0 radical (unpaired) electrons. The normalized spacial score (nSPS) is 36.0. The van der Waals surface area contributed by atoms with E-state index >= 15 is 0 Å². The fourth-order valence-corrected chi connectivity index (χ4v) is 2.26. The Morgan fingerprint density at radius 1 is 1.18 bits per heavy atom. The number of likely N-dealkylation sites (tertiary alicyclic amines) is 2. The van der Waals surface area contributed by atoms with Crippen LogP contribution >= 0.6 is 0 Å². The van der Waals surface area contributed by atoms with Crippen LogP contribution in [0.25, 0.3) is 0 Å². The van der Waals surface area contributed by atoms with Crippen molar-refractivity contribution in [2.24, 2.45) is 5.92 Å². The summed E-state index contributed by atoms with van der Waals surface area (Å²) in [6.07, 6.45) is 1.39. The minimum atomic E-state index is 0.885. The second kappa shape index (κ2) is 2.76. The van der Waals surface area contributed by atoms with E-state index in [9.17, 15) is 0 Å². The predicted octanol–water partition coefficient (Wildman–Crippen LogP) is 0.642. The Labute approximate surface area is 69.2 Å². The van der Waals surface area contributed by atoms with E-state index in [0.29, 0.717) is 0 Å². The van der Waals surface area contributed by atoms with Crippen molar-refractivity contribution in [2.45, 2.75) is 19.4 Å². The van der Waals surface area contributed by atoms with E-state index in [1.807, 2.05) is 0 Å². The molecule has 2 rings (SSSR count). The van der Waals surface area contributed by atoms with Gasteiger partial charge in [0.15, 0.2) is 0 Å². The van der Waals surface area contributed by atoms with E-state index in [1.165, 1.54) is 32.6 Å². The lowest BCUT2D eigenvalue weighted by molar-refractivity contribution is 0.0669. The second-order valence-corrected chi connectivity index (χ2v) is 4.26. The standard InChI is InChI=1S/C9H18N2/c1-8-5-11(6-8)9-3-4-10(2)7-9/h8-9H,3-7H2,1-2H3/t9-/m0/s1. The molecular formula is C9H18N2. The van der Waals surface area contributed by atoms with Crippen LogP contribution in [0, 0.1) is 5.92 Å². The van der Waals surface area contributed by atoms with Crippen molar-refractivity contribution >= 4 is 0 Å². The first-order valence-corrected chi connectivity index (χ1v) is 4.68. The average Bonchev–Trinajstić information content (AvgIpc) is 2.29. The smallest absolute Gasteiger partial charge is 0.0235 e. The van der Waals surface area contributed by atoms with Gasteiger partial charge in [-0.15, -0.1) is 0 Å². The second-order valence-electron chi connectivity index (χ2n) is 4.26. The quantitative estimate of drug-likeness (QED) is 0.547.